The van der Waals surface area contributed by atoms with Crippen LogP contribution < -0.4 is 10.6 Å². The third kappa shape index (κ3) is 6.03. The van der Waals surface area contributed by atoms with E-state index in [1.165, 1.54) is 7.11 Å². The van der Waals surface area contributed by atoms with Crippen molar-refractivity contribution in [1.82, 2.24) is 15.5 Å². The number of nitrogens with one attached hydrogen (secondary N) is 2. The van der Waals surface area contributed by atoms with Gasteiger partial charge in [0.2, 0.25) is 11.8 Å². The van der Waals surface area contributed by atoms with Crippen LogP contribution in [-0.2, 0) is 25.5 Å². The third-order valence-electron chi connectivity index (χ3n) is 4.00. The smallest absolute Gasteiger partial charge is 0.307 e. The lowest BCUT2D eigenvalue weighted by Gasteiger charge is -2.33. The van der Waals surface area contributed by atoms with Crippen molar-refractivity contribution >= 4 is 29.4 Å². The molecular formula is C17H22ClN3O4. The third-order valence-corrected chi connectivity index (χ3v) is 4.24. The van der Waals surface area contributed by atoms with E-state index in [1.807, 2.05) is 18.2 Å². The molecule has 0 aliphatic carbocycles. The van der Waals surface area contributed by atoms with Gasteiger partial charge in [-0.05, 0) is 24.1 Å². The number of rotatable bonds is 7. The Labute approximate surface area is 151 Å². The number of benzene rings is 1. The number of carbonyl (C=O) groups excluding carboxylic acids is 3. The van der Waals surface area contributed by atoms with E-state index in [9.17, 15) is 14.4 Å². The number of hydrogen-bond donors (Lipinski definition) is 2. The average molecular weight is 368 g/mol. The molecular weight excluding hydrogens is 346 g/mol. The Morgan fingerprint density at radius 3 is 2.96 bits per heavy atom. The number of amides is 2. The van der Waals surface area contributed by atoms with E-state index in [1.54, 1.807) is 11.0 Å². The molecule has 0 spiro atoms. The number of methoxy groups -OCH3 is 1. The Balaban J connectivity index is 1.82. The highest BCUT2D eigenvalue weighted by Crippen LogP contribution is 2.11. The normalized spacial score (nSPS) is 17.7. The molecule has 1 fully saturated rings. The van der Waals surface area contributed by atoms with E-state index in [2.05, 4.69) is 15.4 Å². The summed E-state index contributed by atoms with van der Waals surface area (Å²) >= 11 is 5.93. The van der Waals surface area contributed by atoms with Gasteiger partial charge in [0.1, 0.15) is 6.04 Å². The van der Waals surface area contributed by atoms with E-state index in [0.29, 0.717) is 31.1 Å². The zero-order valence-corrected chi connectivity index (χ0v) is 14.8. The minimum absolute atomic E-state index is 0.0601. The van der Waals surface area contributed by atoms with Crippen LogP contribution in [0.25, 0.3) is 0 Å². The number of carbonyl (C=O) groups is 3. The van der Waals surface area contributed by atoms with Crippen molar-refractivity contribution in [2.75, 3.05) is 33.3 Å². The Kier molecular flexibility index (Phi) is 7.21. The molecule has 0 bridgehead atoms. The first-order chi connectivity index (χ1) is 12.0. The van der Waals surface area contributed by atoms with Crippen molar-refractivity contribution in [3.63, 3.8) is 0 Å². The topological polar surface area (TPSA) is 87.7 Å². The van der Waals surface area contributed by atoms with Crippen LogP contribution in [-0.4, -0.2) is 62.0 Å². The highest BCUT2D eigenvalue weighted by molar-refractivity contribution is 6.30. The summed E-state index contributed by atoms with van der Waals surface area (Å²) in [7, 11) is 1.27. The molecule has 1 atom stereocenters. The number of esters is 1. The molecule has 1 aromatic carbocycles. The van der Waals surface area contributed by atoms with Crippen molar-refractivity contribution in [1.29, 1.82) is 0 Å². The molecule has 1 saturated heterocycles. The lowest BCUT2D eigenvalue weighted by atomic mass is 10.1. The van der Waals surface area contributed by atoms with Gasteiger partial charge < -0.3 is 15.4 Å². The SMILES string of the molecule is COC(=O)CC1C(=O)NCCN1CC(=O)NCCc1cccc(Cl)c1. The van der Waals surface area contributed by atoms with E-state index in [-0.39, 0.29) is 24.8 Å². The van der Waals surface area contributed by atoms with Gasteiger partial charge in [-0.25, -0.2) is 0 Å². The van der Waals surface area contributed by atoms with Crippen LogP contribution >= 0.6 is 11.6 Å². The molecule has 1 aromatic rings. The van der Waals surface area contributed by atoms with E-state index >= 15 is 0 Å². The largest absolute Gasteiger partial charge is 0.469 e. The minimum Gasteiger partial charge on any atom is -0.469 e. The Bertz CT molecular complexity index is 638. The number of hydrogen-bond acceptors (Lipinski definition) is 5. The standard InChI is InChI=1S/C17H22ClN3O4/c1-25-16(23)10-14-17(24)20-7-8-21(14)11-15(22)19-6-5-12-3-2-4-13(18)9-12/h2-4,9,14H,5-8,10-11H2,1H3,(H,19,22)(H,20,24). The second-order valence-corrected chi connectivity index (χ2v) is 6.22. The summed E-state index contributed by atoms with van der Waals surface area (Å²) in [6.45, 7) is 1.49. The minimum atomic E-state index is -0.681. The summed E-state index contributed by atoms with van der Waals surface area (Å²) in [4.78, 5) is 37.3. The van der Waals surface area contributed by atoms with Gasteiger partial charge in [-0.3, -0.25) is 19.3 Å². The number of ether oxygens (including phenoxy) is 1. The Morgan fingerprint density at radius 2 is 2.24 bits per heavy atom. The lowest BCUT2D eigenvalue weighted by Crippen LogP contribution is -2.58. The van der Waals surface area contributed by atoms with E-state index in [0.717, 1.165) is 5.56 Å². The van der Waals surface area contributed by atoms with Crippen LogP contribution in [0.15, 0.2) is 24.3 Å². The van der Waals surface area contributed by atoms with Crippen LogP contribution in [0.5, 0.6) is 0 Å². The van der Waals surface area contributed by atoms with E-state index in [4.69, 9.17) is 11.6 Å². The average Bonchev–Trinajstić information content (AvgIpc) is 2.58. The molecule has 2 amide bonds. The van der Waals surface area contributed by atoms with Gasteiger partial charge in [0.25, 0.3) is 0 Å². The Hall–Kier alpha value is -2.12. The molecule has 0 saturated carbocycles. The van der Waals surface area contributed by atoms with Gasteiger partial charge in [0, 0.05) is 24.7 Å². The monoisotopic (exact) mass is 367 g/mol. The zero-order chi connectivity index (χ0) is 18.2. The molecule has 2 N–H and O–H groups in total. The first-order valence-electron chi connectivity index (χ1n) is 8.09. The molecule has 8 heteroatoms. The second kappa shape index (κ2) is 9.39. The van der Waals surface area contributed by atoms with Crippen LogP contribution in [0.4, 0.5) is 0 Å². The van der Waals surface area contributed by atoms with Crippen molar-refractivity contribution < 1.29 is 19.1 Å². The van der Waals surface area contributed by atoms with Gasteiger partial charge >= 0.3 is 5.97 Å². The molecule has 1 heterocycles. The van der Waals surface area contributed by atoms with Gasteiger partial charge in [-0.1, -0.05) is 23.7 Å². The van der Waals surface area contributed by atoms with Crippen LogP contribution in [0, 0.1) is 0 Å². The highest BCUT2D eigenvalue weighted by Gasteiger charge is 2.32. The predicted octanol–water partition coefficient (Wildman–Crippen LogP) is 0.362. The van der Waals surface area contributed by atoms with Crippen molar-refractivity contribution in [3.05, 3.63) is 34.9 Å². The van der Waals surface area contributed by atoms with Gasteiger partial charge in [-0.2, -0.15) is 0 Å². The summed E-state index contributed by atoms with van der Waals surface area (Å²) in [5, 5.41) is 6.19. The van der Waals surface area contributed by atoms with Crippen LogP contribution in [0.2, 0.25) is 5.02 Å². The maximum Gasteiger partial charge on any atom is 0.307 e. The molecule has 1 unspecified atom stereocenters. The molecule has 0 aromatic heterocycles. The molecule has 136 valence electrons. The van der Waals surface area contributed by atoms with Gasteiger partial charge in [0.05, 0.1) is 20.1 Å². The van der Waals surface area contributed by atoms with Crippen LogP contribution in [0.1, 0.15) is 12.0 Å². The summed E-state index contributed by atoms with van der Waals surface area (Å²) in [6.07, 6.45) is 0.594. The van der Waals surface area contributed by atoms with Gasteiger partial charge in [-0.15, -0.1) is 0 Å². The molecule has 2 rings (SSSR count). The zero-order valence-electron chi connectivity index (χ0n) is 14.1. The fourth-order valence-electron chi connectivity index (χ4n) is 2.69. The molecule has 1 aliphatic rings. The molecule has 0 radical (unpaired) electrons. The Morgan fingerprint density at radius 1 is 1.44 bits per heavy atom. The van der Waals surface area contributed by atoms with Crippen molar-refractivity contribution in [2.45, 2.75) is 18.9 Å². The second-order valence-electron chi connectivity index (χ2n) is 5.79. The summed E-state index contributed by atoms with van der Waals surface area (Å²) < 4.78 is 4.62. The maximum atomic E-state index is 12.1. The van der Waals surface area contributed by atoms with E-state index < -0.39 is 12.0 Å². The maximum absolute atomic E-state index is 12.1. The molecule has 7 nitrogen and oxygen atoms in total. The lowest BCUT2D eigenvalue weighted by molar-refractivity contribution is -0.146. The number of halogens is 1. The van der Waals surface area contributed by atoms with Crippen LogP contribution in [0.3, 0.4) is 0 Å². The van der Waals surface area contributed by atoms with Crippen molar-refractivity contribution in [2.24, 2.45) is 0 Å². The fourth-order valence-corrected chi connectivity index (χ4v) is 2.91. The van der Waals surface area contributed by atoms with Crippen molar-refractivity contribution in [3.8, 4) is 0 Å². The summed E-state index contributed by atoms with van der Waals surface area (Å²) in [5.74, 6) is -0.927. The fraction of sp³-hybridized carbons (Fsp3) is 0.471. The summed E-state index contributed by atoms with van der Waals surface area (Å²) in [6, 6.07) is 6.78. The molecule has 1 aliphatic heterocycles. The first-order valence-corrected chi connectivity index (χ1v) is 8.47. The number of piperazine rings is 1. The highest BCUT2D eigenvalue weighted by atomic mass is 35.5. The first kappa shape index (κ1) is 19.2. The quantitative estimate of drug-likeness (QED) is 0.679. The number of nitrogens with zero attached hydrogens (tertiary/aromatic N) is 1. The predicted molar refractivity (Wildman–Crippen MR) is 93.2 cm³/mol. The molecule has 25 heavy (non-hydrogen) atoms. The summed E-state index contributed by atoms with van der Waals surface area (Å²) in [5.41, 5.74) is 1.04. The van der Waals surface area contributed by atoms with Gasteiger partial charge in [0.15, 0.2) is 0 Å².